The minimum absolute atomic E-state index is 0.496. The molecule has 1 aliphatic rings. The molecule has 1 aromatic carbocycles. The Balaban J connectivity index is 2.52. The Morgan fingerprint density at radius 1 is 0.857 bits per heavy atom. The van der Waals surface area contributed by atoms with Gasteiger partial charge >= 0.3 is 0 Å². The third-order valence-electron chi connectivity index (χ3n) is 2.82. The Bertz CT molecular complexity index is 373. The minimum Gasteiger partial charge on any atom is -0.0732 e. The van der Waals surface area contributed by atoms with Gasteiger partial charge in [0.25, 0.3) is 0 Å². The molecule has 1 aliphatic carbocycles. The van der Waals surface area contributed by atoms with E-state index in [0.717, 1.165) is 0 Å². The first-order valence-electron chi connectivity index (χ1n) is 5.11. The first-order valence-corrected chi connectivity index (χ1v) is 5.11. The first kappa shape index (κ1) is 9.26. The zero-order valence-electron chi connectivity index (χ0n) is 9.04. The van der Waals surface area contributed by atoms with Gasteiger partial charge in [-0.05, 0) is 37.5 Å². The molecular formula is C14H16. The quantitative estimate of drug-likeness (QED) is 0.622. The van der Waals surface area contributed by atoms with Gasteiger partial charge in [0.15, 0.2) is 0 Å². The van der Waals surface area contributed by atoms with Crippen molar-refractivity contribution in [2.75, 3.05) is 0 Å². The fraction of sp³-hybridized carbons (Fsp3) is 0.286. The van der Waals surface area contributed by atoms with Crippen LogP contribution in [0.5, 0.6) is 0 Å². The van der Waals surface area contributed by atoms with Crippen LogP contribution in [0.1, 0.15) is 28.2 Å². The number of hydrogen-bond acceptors (Lipinski definition) is 0. The van der Waals surface area contributed by atoms with E-state index in [2.05, 4.69) is 57.2 Å². The molecule has 0 unspecified atom stereocenters. The van der Waals surface area contributed by atoms with Gasteiger partial charge in [-0.3, -0.25) is 0 Å². The Kier molecular flexibility index (Phi) is 2.28. The molecule has 0 spiro atoms. The fourth-order valence-corrected chi connectivity index (χ4v) is 2.34. The van der Waals surface area contributed by atoms with Crippen molar-refractivity contribution in [3.8, 4) is 0 Å². The molecule has 1 aromatic rings. The van der Waals surface area contributed by atoms with Gasteiger partial charge in [-0.15, -0.1) is 0 Å². The van der Waals surface area contributed by atoms with Gasteiger partial charge in [0.2, 0.25) is 0 Å². The second kappa shape index (κ2) is 3.45. The maximum atomic E-state index is 2.27. The highest BCUT2D eigenvalue weighted by atomic mass is 14.2. The molecule has 14 heavy (non-hydrogen) atoms. The van der Waals surface area contributed by atoms with E-state index in [4.69, 9.17) is 0 Å². The predicted molar refractivity (Wildman–Crippen MR) is 61.7 cm³/mol. The second-order valence-corrected chi connectivity index (χ2v) is 4.11. The molecule has 0 nitrogen and oxygen atoms in total. The second-order valence-electron chi connectivity index (χ2n) is 4.11. The molecule has 0 heteroatoms. The van der Waals surface area contributed by atoms with Gasteiger partial charge in [0.05, 0.1) is 0 Å². The zero-order valence-corrected chi connectivity index (χ0v) is 9.04. The molecule has 0 bridgehead atoms. The fourth-order valence-electron chi connectivity index (χ4n) is 2.34. The molecule has 0 radical (unpaired) electrons. The van der Waals surface area contributed by atoms with Crippen molar-refractivity contribution >= 4 is 0 Å². The lowest BCUT2D eigenvalue weighted by Crippen LogP contribution is -1.98. The van der Waals surface area contributed by atoms with Crippen molar-refractivity contribution < 1.29 is 0 Å². The molecule has 0 aliphatic heterocycles. The van der Waals surface area contributed by atoms with Crippen molar-refractivity contribution in [3.63, 3.8) is 0 Å². The van der Waals surface area contributed by atoms with Crippen LogP contribution in [0.2, 0.25) is 0 Å². The largest absolute Gasteiger partial charge is 0.0732 e. The summed E-state index contributed by atoms with van der Waals surface area (Å²) >= 11 is 0. The Labute approximate surface area is 86.0 Å². The summed E-state index contributed by atoms with van der Waals surface area (Å²) in [6, 6.07) is 4.53. The summed E-state index contributed by atoms with van der Waals surface area (Å²) in [6.45, 7) is 6.56. The van der Waals surface area contributed by atoms with Crippen LogP contribution in [-0.4, -0.2) is 0 Å². The van der Waals surface area contributed by atoms with Gasteiger partial charge in [-0.1, -0.05) is 42.0 Å². The lowest BCUT2D eigenvalue weighted by molar-refractivity contribution is 1.04. The Hall–Kier alpha value is -1.30. The highest BCUT2D eigenvalue weighted by molar-refractivity contribution is 5.46. The first-order chi connectivity index (χ1) is 6.68. The lowest BCUT2D eigenvalue weighted by Gasteiger charge is -2.14. The van der Waals surface area contributed by atoms with Crippen LogP contribution in [0.25, 0.3) is 0 Å². The number of hydrogen-bond donors (Lipinski definition) is 0. The molecule has 0 aromatic heterocycles. The molecule has 0 N–H and O–H groups in total. The molecular weight excluding hydrogens is 168 g/mol. The third-order valence-corrected chi connectivity index (χ3v) is 2.82. The summed E-state index contributed by atoms with van der Waals surface area (Å²) in [5, 5.41) is 0. The summed E-state index contributed by atoms with van der Waals surface area (Å²) in [7, 11) is 0. The van der Waals surface area contributed by atoms with Crippen LogP contribution < -0.4 is 0 Å². The van der Waals surface area contributed by atoms with E-state index in [1.807, 2.05) is 0 Å². The molecule has 0 saturated carbocycles. The standard InChI is InChI=1S/C14H16/c1-10-8-11(2)14(12(3)9-10)13-6-4-5-7-13/h4-9,13H,1-3H3. The van der Waals surface area contributed by atoms with Crippen LogP contribution in [-0.2, 0) is 0 Å². The van der Waals surface area contributed by atoms with E-state index in [1.165, 1.54) is 22.3 Å². The lowest BCUT2D eigenvalue weighted by atomic mass is 9.90. The van der Waals surface area contributed by atoms with Gasteiger partial charge in [-0.25, -0.2) is 0 Å². The number of rotatable bonds is 1. The van der Waals surface area contributed by atoms with Crippen LogP contribution in [0, 0.1) is 20.8 Å². The van der Waals surface area contributed by atoms with Crippen molar-refractivity contribution in [2.45, 2.75) is 26.7 Å². The van der Waals surface area contributed by atoms with E-state index in [-0.39, 0.29) is 0 Å². The third kappa shape index (κ3) is 1.52. The maximum absolute atomic E-state index is 2.27. The monoisotopic (exact) mass is 184 g/mol. The molecule has 2 rings (SSSR count). The van der Waals surface area contributed by atoms with E-state index in [9.17, 15) is 0 Å². The van der Waals surface area contributed by atoms with E-state index >= 15 is 0 Å². The van der Waals surface area contributed by atoms with Crippen molar-refractivity contribution in [1.82, 2.24) is 0 Å². The summed E-state index contributed by atoms with van der Waals surface area (Å²) in [4.78, 5) is 0. The zero-order chi connectivity index (χ0) is 10.1. The number of aryl methyl sites for hydroxylation is 3. The van der Waals surface area contributed by atoms with Gasteiger partial charge < -0.3 is 0 Å². The summed E-state index contributed by atoms with van der Waals surface area (Å²) < 4.78 is 0. The van der Waals surface area contributed by atoms with Crippen LogP contribution in [0.4, 0.5) is 0 Å². The molecule has 0 amide bonds. The van der Waals surface area contributed by atoms with Crippen molar-refractivity contribution in [2.24, 2.45) is 0 Å². The molecule has 0 heterocycles. The topological polar surface area (TPSA) is 0 Å². The van der Waals surface area contributed by atoms with E-state index < -0.39 is 0 Å². The normalized spacial score (nSPS) is 15.4. The van der Waals surface area contributed by atoms with E-state index in [0.29, 0.717) is 5.92 Å². The summed E-state index contributed by atoms with van der Waals surface area (Å²) in [5.41, 5.74) is 5.64. The van der Waals surface area contributed by atoms with Crippen LogP contribution in [0.15, 0.2) is 36.4 Å². The predicted octanol–water partition coefficient (Wildman–Crippen LogP) is 3.82. The highest BCUT2D eigenvalue weighted by Crippen LogP contribution is 2.29. The van der Waals surface area contributed by atoms with Crippen molar-refractivity contribution in [3.05, 3.63) is 58.7 Å². The molecule has 72 valence electrons. The minimum atomic E-state index is 0.496. The summed E-state index contributed by atoms with van der Waals surface area (Å²) in [5.74, 6) is 0.496. The average Bonchev–Trinajstić information content (AvgIpc) is 2.54. The van der Waals surface area contributed by atoms with E-state index in [1.54, 1.807) is 0 Å². The Morgan fingerprint density at radius 2 is 1.36 bits per heavy atom. The van der Waals surface area contributed by atoms with Gasteiger partial charge in [-0.2, -0.15) is 0 Å². The molecule has 0 saturated heterocycles. The number of allylic oxidation sites excluding steroid dienone is 4. The van der Waals surface area contributed by atoms with Crippen LogP contribution in [0.3, 0.4) is 0 Å². The smallest absolute Gasteiger partial charge is 0.0210 e. The highest BCUT2D eigenvalue weighted by Gasteiger charge is 2.12. The SMILES string of the molecule is Cc1cc(C)c(C2C=CC=C2)c(C)c1. The van der Waals surface area contributed by atoms with Crippen molar-refractivity contribution in [1.29, 1.82) is 0 Å². The maximum Gasteiger partial charge on any atom is 0.0210 e. The van der Waals surface area contributed by atoms with Gasteiger partial charge in [0.1, 0.15) is 0 Å². The van der Waals surface area contributed by atoms with Gasteiger partial charge in [0, 0.05) is 5.92 Å². The number of benzene rings is 1. The molecule has 0 fully saturated rings. The molecule has 0 atom stereocenters. The van der Waals surface area contributed by atoms with Crippen LogP contribution >= 0.6 is 0 Å². The Morgan fingerprint density at radius 3 is 1.86 bits per heavy atom. The summed E-state index contributed by atoms with van der Waals surface area (Å²) in [6.07, 6.45) is 8.77. The average molecular weight is 184 g/mol.